The molecule has 0 fully saturated rings. The number of hydrogen-bond acceptors (Lipinski definition) is 3. The molecule has 0 saturated heterocycles. The van der Waals surface area contributed by atoms with Gasteiger partial charge in [-0.05, 0) is 33.2 Å². The zero-order valence-electron chi connectivity index (χ0n) is 10.9. The van der Waals surface area contributed by atoms with Crippen LogP contribution in [0.4, 0.5) is 0 Å². The lowest BCUT2D eigenvalue weighted by molar-refractivity contribution is 0.413. The molecule has 0 saturated carbocycles. The van der Waals surface area contributed by atoms with Crippen molar-refractivity contribution >= 4 is 27.3 Å². The maximum Gasteiger partial charge on any atom is 0.0948 e. The number of likely N-dealkylation sites (N-methyl/N-ethyl adjacent to an activating group) is 1. The third kappa shape index (κ3) is 3.40. The van der Waals surface area contributed by atoms with Crippen molar-refractivity contribution in [3.05, 3.63) is 38.6 Å². The Kier molecular flexibility index (Phi) is 4.54. The van der Waals surface area contributed by atoms with Gasteiger partial charge >= 0.3 is 0 Å². The van der Waals surface area contributed by atoms with E-state index in [1.165, 1.54) is 15.4 Å². The van der Waals surface area contributed by atoms with Gasteiger partial charge in [-0.15, -0.1) is 11.3 Å². The van der Waals surface area contributed by atoms with Crippen LogP contribution in [0.25, 0.3) is 11.3 Å². The standard InChI is InChI=1S/C14H17BrN2S/c1-10-14(11-4-6-12(15)7-5-11)16-13(18-10)8-9-17(2)3/h4-7H,8-9H2,1-3H3. The summed E-state index contributed by atoms with van der Waals surface area (Å²) in [4.78, 5) is 8.25. The minimum atomic E-state index is 1.02. The first-order chi connectivity index (χ1) is 8.56. The fourth-order valence-electron chi connectivity index (χ4n) is 1.75. The number of halogens is 1. The van der Waals surface area contributed by atoms with Gasteiger partial charge in [-0.25, -0.2) is 4.98 Å². The molecule has 0 unspecified atom stereocenters. The molecular formula is C14H17BrN2S. The summed E-state index contributed by atoms with van der Waals surface area (Å²) in [6.45, 7) is 3.20. The Morgan fingerprint density at radius 1 is 1.22 bits per heavy atom. The van der Waals surface area contributed by atoms with Gasteiger partial charge in [0, 0.05) is 27.9 Å². The average molecular weight is 325 g/mol. The second-order valence-corrected chi connectivity index (χ2v) is 6.78. The number of aromatic nitrogens is 1. The highest BCUT2D eigenvalue weighted by Crippen LogP contribution is 2.28. The summed E-state index contributed by atoms with van der Waals surface area (Å²) in [6.07, 6.45) is 1.02. The van der Waals surface area contributed by atoms with Crippen LogP contribution in [0.15, 0.2) is 28.7 Å². The molecule has 1 aromatic carbocycles. The number of hydrogen-bond donors (Lipinski definition) is 0. The topological polar surface area (TPSA) is 16.1 Å². The van der Waals surface area contributed by atoms with Crippen LogP contribution in [-0.4, -0.2) is 30.5 Å². The molecule has 0 amide bonds. The fourth-order valence-corrected chi connectivity index (χ4v) is 2.96. The van der Waals surface area contributed by atoms with Crippen molar-refractivity contribution in [2.75, 3.05) is 20.6 Å². The number of rotatable bonds is 4. The molecule has 0 aliphatic carbocycles. The smallest absolute Gasteiger partial charge is 0.0948 e. The molecule has 96 valence electrons. The first-order valence-electron chi connectivity index (χ1n) is 5.93. The quantitative estimate of drug-likeness (QED) is 0.845. The van der Waals surface area contributed by atoms with Crippen molar-refractivity contribution in [1.82, 2.24) is 9.88 Å². The van der Waals surface area contributed by atoms with Crippen molar-refractivity contribution in [3.8, 4) is 11.3 Å². The van der Waals surface area contributed by atoms with Gasteiger partial charge in [0.2, 0.25) is 0 Å². The van der Waals surface area contributed by atoms with Crippen molar-refractivity contribution < 1.29 is 0 Å². The molecule has 18 heavy (non-hydrogen) atoms. The van der Waals surface area contributed by atoms with Crippen LogP contribution in [0.2, 0.25) is 0 Å². The van der Waals surface area contributed by atoms with Gasteiger partial charge in [0.1, 0.15) is 0 Å². The fraction of sp³-hybridized carbons (Fsp3) is 0.357. The number of aryl methyl sites for hydroxylation is 1. The number of benzene rings is 1. The van der Waals surface area contributed by atoms with E-state index < -0.39 is 0 Å². The summed E-state index contributed by atoms with van der Waals surface area (Å²) in [5.41, 5.74) is 2.32. The van der Waals surface area contributed by atoms with Gasteiger partial charge in [0.15, 0.2) is 0 Å². The maximum atomic E-state index is 4.76. The second-order valence-electron chi connectivity index (χ2n) is 4.57. The zero-order valence-corrected chi connectivity index (χ0v) is 13.3. The summed E-state index contributed by atoms with van der Waals surface area (Å²) in [6, 6.07) is 8.35. The Labute approximate surface area is 121 Å². The van der Waals surface area contributed by atoms with Crippen LogP contribution in [0, 0.1) is 6.92 Å². The van der Waals surface area contributed by atoms with Gasteiger partial charge in [0.05, 0.1) is 10.7 Å². The van der Waals surface area contributed by atoms with Crippen LogP contribution >= 0.6 is 27.3 Å². The predicted octanol–water partition coefficient (Wildman–Crippen LogP) is 3.99. The van der Waals surface area contributed by atoms with E-state index in [9.17, 15) is 0 Å². The maximum absolute atomic E-state index is 4.76. The highest BCUT2D eigenvalue weighted by molar-refractivity contribution is 9.10. The average Bonchev–Trinajstić information content (AvgIpc) is 2.69. The molecule has 2 rings (SSSR count). The molecule has 0 aliphatic rings. The summed E-state index contributed by atoms with van der Waals surface area (Å²) >= 11 is 5.27. The molecule has 4 heteroatoms. The Morgan fingerprint density at radius 2 is 1.89 bits per heavy atom. The van der Waals surface area contributed by atoms with Gasteiger partial charge in [-0.3, -0.25) is 0 Å². The molecule has 0 spiro atoms. The molecule has 2 nitrogen and oxygen atoms in total. The molecule has 1 heterocycles. The summed E-state index contributed by atoms with van der Waals surface area (Å²) < 4.78 is 1.10. The molecule has 0 aliphatic heterocycles. The van der Waals surface area contributed by atoms with E-state index in [0.29, 0.717) is 0 Å². The van der Waals surface area contributed by atoms with E-state index in [1.807, 2.05) is 0 Å². The molecule has 0 radical (unpaired) electrons. The normalized spacial score (nSPS) is 11.2. The lowest BCUT2D eigenvalue weighted by Crippen LogP contribution is -2.14. The molecule has 2 aromatic rings. The first-order valence-corrected chi connectivity index (χ1v) is 7.54. The molecule has 0 atom stereocenters. The lowest BCUT2D eigenvalue weighted by atomic mass is 10.1. The van der Waals surface area contributed by atoms with Crippen molar-refractivity contribution in [3.63, 3.8) is 0 Å². The largest absolute Gasteiger partial charge is 0.309 e. The number of nitrogens with zero attached hydrogens (tertiary/aromatic N) is 2. The monoisotopic (exact) mass is 324 g/mol. The molecular weight excluding hydrogens is 308 g/mol. The molecule has 0 N–H and O–H groups in total. The number of thiazole rings is 1. The second kappa shape index (κ2) is 5.95. The van der Waals surface area contributed by atoms with Crippen molar-refractivity contribution in [2.45, 2.75) is 13.3 Å². The third-order valence-electron chi connectivity index (χ3n) is 2.73. The van der Waals surface area contributed by atoms with Crippen LogP contribution in [0.1, 0.15) is 9.88 Å². The lowest BCUT2D eigenvalue weighted by Gasteiger charge is -2.06. The van der Waals surface area contributed by atoms with E-state index in [2.05, 4.69) is 66.1 Å². The minimum absolute atomic E-state index is 1.02. The summed E-state index contributed by atoms with van der Waals surface area (Å²) in [7, 11) is 4.19. The zero-order chi connectivity index (χ0) is 13.1. The molecule has 1 aromatic heterocycles. The van der Waals surface area contributed by atoms with E-state index >= 15 is 0 Å². The van der Waals surface area contributed by atoms with Crippen LogP contribution in [0.3, 0.4) is 0 Å². The van der Waals surface area contributed by atoms with Crippen LogP contribution < -0.4 is 0 Å². The van der Waals surface area contributed by atoms with E-state index in [1.54, 1.807) is 11.3 Å². The highest BCUT2D eigenvalue weighted by atomic mass is 79.9. The minimum Gasteiger partial charge on any atom is -0.309 e. The van der Waals surface area contributed by atoms with E-state index in [4.69, 9.17) is 4.98 Å². The predicted molar refractivity (Wildman–Crippen MR) is 82.2 cm³/mol. The SMILES string of the molecule is Cc1sc(CCN(C)C)nc1-c1ccc(Br)cc1. The van der Waals surface area contributed by atoms with Gasteiger partial charge in [-0.2, -0.15) is 0 Å². The Morgan fingerprint density at radius 3 is 2.50 bits per heavy atom. The van der Waals surface area contributed by atoms with Gasteiger partial charge < -0.3 is 4.90 Å². The Hall–Kier alpha value is -0.710. The molecule has 0 bridgehead atoms. The Bertz CT molecular complexity index is 517. The van der Waals surface area contributed by atoms with E-state index in [-0.39, 0.29) is 0 Å². The van der Waals surface area contributed by atoms with Crippen LogP contribution in [-0.2, 0) is 6.42 Å². The van der Waals surface area contributed by atoms with Gasteiger partial charge in [-0.1, -0.05) is 28.1 Å². The van der Waals surface area contributed by atoms with Crippen molar-refractivity contribution in [1.29, 1.82) is 0 Å². The van der Waals surface area contributed by atoms with Crippen molar-refractivity contribution in [2.24, 2.45) is 0 Å². The highest BCUT2D eigenvalue weighted by Gasteiger charge is 2.09. The summed E-state index contributed by atoms with van der Waals surface area (Å²) in [5.74, 6) is 0. The third-order valence-corrected chi connectivity index (χ3v) is 4.29. The van der Waals surface area contributed by atoms with E-state index in [0.717, 1.165) is 23.1 Å². The first kappa shape index (κ1) is 13.7. The Balaban J connectivity index is 2.21. The summed E-state index contributed by atoms with van der Waals surface area (Å²) in [5, 5.41) is 1.22. The van der Waals surface area contributed by atoms with Gasteiger partial charge in [0.25, 0.3) is 0 Å². The van der Waals surface area contributed by atoms with Crippen LogP contribution in [0.5, 0.6) is 0 Å².